The van der Waals surface area contributed by atoms with Crippen LogP contribution in [-0.2, 0) is 37.3 Å². The molecule has 0 fully saturated rings. The number of rotatable bonds is 13. The number of hydrogen-bond donors (Lipinski definition) is 0. The maximum atomic E-state index is 7.17. The van der Waals surface area contributed by atoms with Gasteiger partial charge in [-0.25, -0.2) is 4.98 Å². The number of fused-ring (bicyclic) bond motifs is 3. The number of pyridine rings is 1. The molecule has 9 aromatic rings. The van der Waals surface area contributed by atoms with Gasteiger partial charge in [-0.2, -0.15) is 0 Å². The fourth-order valence-corrected chi connectivity index (χ4v) is 10.8. The second-order valence-corrected chi connectivity index (χ2v) is 23.3. The molecule has 0 saturated heterocycles. The first-order valence-electron chi connectivity index (χ1n) is 26.5. The number of aromatic nitrogens is 2. The van der Waals surface area contributed by atoms with Crippen LogP contribution in [0.15, 0.2) is 170 Å². The van der Waals surface area contributed by atoms with E-state index in [1.54, 1.807) is 0 Å². The number of para-hydroxylation sites is 1. The summed E-state index contributed by atoms with van der Waals surface area (Å²) >= 11 is 0. The Morgan fingerprint density at radius 3 is 1.79 bits per heavy atom. The van der Waals surface area contributed by atoms with Gasteiger partial charge in [0.25, 0.3) is 0 Å². The minimum Gasteiger partial charge on any atom is -0.509 e. The Balaban J connectivity index is 0.00000689. The Morgan fingerprint density at radius 2 is 1.15 bits per heavy atom. The number of hydrogen-bond acceptors (Lipinski definition) is 4. The van der Waals surface area contributed by atoms with Gasteiger partial charge >= 0.3 is 0 Å². The van der Waals surface area contributed by atoms with E-state index in [1.807, 2.05) is 6.20 Å². The van der Waals surface area contributed by atoms with E-state index >= 15 is 0 Å². The monoisotopic (exact) mass is 1170 g/mol. The minimum atomic E-state index is -0.429. The third kappa shape index (κ3) is 10.3. The zero-order valence-corrected chi connectivity index (χ0v) is 48.3. The number of ether oxygens (including phenoxy) is 1. The van der Waals surface area contributed by atoms with Crippen LogP contribution in [0.2, 0.25) is 0 Å². The molecule has 0 unspecified atom stereocenters. The third-order valence-corrected chi connectivity index (χ3v) is 15.4. The zero-order valence-electron chi connectivity index (χ0n) is 46.0. The van der Waals surface area contributed by atoms with Crippen molar-refractivity contribution in [3.63, 3.8) is 0 Å². The van der Waals surface area contributed by atoms with E-state index in [0.29, 0.717) is 29.3 Å². The normalized spacial score (nSPS) is 13.2. The van der Waals surface area contributed by atoms with Gasteiger partial charge in [0.15, 0.2) is 0 Å². The van der Waals surface area contributed by atoms with Crippen LogP contribution in [0, 0.1) is 18.8 Å². The number of benzene rings is 7. The summed E-state index contributed by atoms with van der Waals surface area (Å²) in [6, 6.07) is 62.6. The van der Waals surface area contributed by atoms with Crippen molar-refractivity contribution in [1.82, 2.24) is 9.55 Å². The van der Waals surface area contributed by atoms with Gasteiger partial charge in [-0.15, -0.1) is 53.8 Å². The molecule has 1 aliphatic rings. The van der Waals surface area contributed by atoms with Crippen molar-refractivity contribution >= 4 is 33.2 Å². The molecule has 5 nitrogen and oxygen atoms in total. The van der Waals surface area contributed by atoms with E-state index in [1.165, 1.54) is 38.9 Å². The predicted molar refractivity (Wildman–Crippen MR) is 311 cm³/mol. The maximum Gasteiger partial charge on any atom is 0.136 e. The Labute approximate surface area is 461 Å². The van der Waals surface area contributed by atoms with Gasteiger partial charge in [0, 0.05) is 55.4 Å². The van der Waals surface area contributed by atoms with Crippen LogP contribution in [0.3, 0.4) is 0 Å². The SMILES string of the molecule is CC(C)c1cc(C(C)C)c(-c2ccnc(-n3c4[c-]c(Oc5[c-]c(N6C=CN(c7cccc(C(C)(C)c8ccccc8)c7)[CH-]6)cc(C(C)(C)C)c5)cc(C(C)(C)c5ccccc5)c4c4ccccc43)c2)c(C(C)C)c1.[Pt]. The molecule has 0 bridgehead atoms. The third-order valence-electron chi connectivity index (χ3n) is 15.4. The topological polar surface area (TPSA) is 33.5 Å². The quantitative estimate of drug-likeness (QED) is 0.108. The van der Waals surface area contributed by atoms with Crippen LogP contribution in [0.1, 0.15) is 152 Å². The fraction of sp³-hybridized carbons (Fsp3) is 0.275. The van der Waals surface area contributed by atoms with Crippen molar-refractivity contribution in [2.75, 3.05) is 9.80 Å². The first-order valence-corrected chi connectivity index (χ1v) is 26.5. The molecule has 0 radical (unpaired) electrons. The van der Waals surface area contributed by atoms with E-state index in [2.05, 4.69) is 287 Å². The molecule has 0 spiro atoms. The van der Waals surface area contributed by atoms with E-state index in [9.17, 15) is 0 Å². The van der Waals surface area contributed by atoms with Gasteiger partial charge in [-0.1, -0.05) is 204 Å². The first-order chi connectivity index (χ1) is 35.3. The van der Waals surface area contributed by atoms with Crippen LogP contribution in [-0.4, -0.2) is 9.55 Å². The first kappa shape index (κ1) is 53.2. The van der Waals surface area contributed by atoms with E-state index in [0.717, 1.165) is 55.7 Å². The van der Waals surface area contributed by atoms with Crippen molar-refractivity contribution < 1.29 is 25.8 Å². The van der Waals surface area contributed by atoms with Gasteiger partial charge in [0.2, 0.25) is 0 Å². The summed E-state index contributed by atoms with van der Waals surface area (Å²) in [5, 5.41) is 2.27. The predicted octanol–water partition coefficient (Wildman–Crippen LogP) is 18.5. The molecule has 1 aliphatic heterocycles. The molecular formula is C69H71N4OPt-3. The van der Waals surface area contributed by atoms with Crippen LogP contribution in [0.25, 0.3) is 38.8 Å². The molecule has 3 heterocycles. The van der Waals surface area contributed by atoms with Gasteiger partial charge in [0.05, 0.1) is 0 Å². The van der Waals surface area contributed by atoms with Crippen LogP contribution in [0.4, 0.5) is 11.4 Å². The minimum absolute atomic E-state index is 0. The molecule has 75 heavy (non-hydrogen) atoms. The van der Waals surface area contributed by atoms with Crippen molar-refractivity contribution in [3.05, 3.63) is 234 Å². The van der Waals surface area contributed by atoms with Gasteiger partial charge in [-0.05, 0) is 121 Å². The zero-order chi connectivity index (χ0) is 52.3. The van der Waals surface area contributed by atoms with E-state index < -0.39 is 5.41 Å². The molecule has 0 amide bonds. The molecule has 0 saturated carbocycles. The van der Waals surface area contributed by atoms with Gasteiger partial charge in [0.1, 0.15) is 5.82 Å². The summed E-state index contributed by atoms with van der Waals surface area (Å²) in [5.41, 5.74) is 15.8. The van der Waals surface area contributed by atoms with Crippen molar-refractivity contribution in [1.29, 1.82) is 0 Å². The summed E-state index contributed by atoms with van der Waals surface area (Å²) in [7, 11) is 0. The molecule has 2 aromatic heterocycles. The molecular weight excluding hydrogens is 1100 g/mol. The Kier molecular flexibility index (Phi) is 14.7. The molecule has 0 atom stereocenters. The number of nitrogens with zero attached hydrogens (tertiary/aromatic N) is 4. The van der Waals surface area contributed by atoms with Gasteiger partial charge < -0.3 is 19.1 Å². The average molecular weight is 1170 g/mol. The summed E-state index contributed by atoms with van der Waals surface area (Å²) in [4.78, 5) is 9.51. The molecule has 0 aliphatic carbocycles. The maximum absolute atomic E-state index is 7.17. The summed E-state index contributed by atoms with van der Waals surface area (Å²) in [6.07, 6.45) is 6.19. The summed E-state index contributed by atoms with van der Waals surface area (Å²) in [6.45, 7) is 31.9. The van der Waals surface area contributed by atoms with Crippen LogP contribution >= 0.6 is 0 Å². The van der Waals surface area contributed by atoms with Crippen molar-refractivity contribution in [3.8, 4) is 28.4 Å². The fourth-order valence-electron chi connectivity index (χ4n) is 10.8. The summed E-state index contributed by atoms with van der Waals surface area (Å²) < 4.78 is 9.47. The Morgan fingerprint density at radius 1 is 0.547 bits per heavy atom. The smallest absolute Gasteiger partial charge is 0.136 e. The van der Waals surface area contributed by atoms with Crippen LogP contribution in [0.5, 0.6) is 11.5 Å². The average Bonchev–Trinajstić information content (AvgIpc) is 4.03. The van der Waals surface area contributed by atoms with Crippen molar-refractivity contribution in [2.24, 2.45) is 0 Å². The number of anilines is 2. The second-order valence-electron chi connectivity index (χ2n) is 23.3. The molecule has 6 heteroatoms. The molecule has 386 valence electrons. The molecule has 10 rings (SSSR count). The van der Waals surface area contributed by atoms with Crippen molar-refractivity contribution in [2.45, 2.75) is 124 Å². The Bertz CT molecular complexity index is 3510. The standard InChI is InChI=1S/C69H71N4O.Pt/c1-45(2)49-35-59(46(3)4)65(60(36-49)47(5)6)48-31-32-70-64(37-48)73-62-30-21-20-29-58(62)66-61(69(12,13)51-25-18-15-19-26-51)42-57(43-63(66)73)74-56-40-53(67(7,8)9)39-55(41-56)72-34-33-71(44-72)54-28-22-27-52(38-54)68(10,11)50-23-16-14-17-24-50;/h14-40,42,44-47H,1-13H3;/q-3;. The van der Waals surface area contributed by atoms with Crippen LogP contribution < -0.4 is 14.5 Å². The van der Waals surface area contributed by atoms with E-state index in [-0.39, 0.29) is 31.9 Å². The molecule has 7 aromatic carbocycles. The van der Waals surface area contributed by atoms with E-state index in [4.69, 9.17) is 9.72 Å². The molecule has 0 N–H and O–H groups in total. The Hall–Kier alpha value is -6.68. The largest absolute Gasteiger partial charge is 0.509 e. The summed E-state index contributed by atoms with van der Waals surface area (Å²) in [5.74, 6) is 3.17. The second kappa shape index (κ2) is 20.8. The van der Waals surface area contributed by atoms with Gasteiger partial charge in [-0.3, -0.25) is 0 Å².